The number of unbranched alkanes of at least 4 members (excludes halogenated alkanes) is 1. The number of rotatable bonds is 14. The Morgan fingerprint density at radius 2 is 1.73 bits per heavy atom. The molecule has 0 aliphatic heterocycles. The molecule has 0 N–H and O–H groups in total. The molecule has 33 heavy (non-hydrogen) atoms. The Kier molecular flexibility index (Phi) is 9.49. The summed E-state index contributed by atoms with van der Waals surface area (Å²) in [6.45, 7) is 10.6. The van der Waals surface area contributed by atoms with Gasteiger partial charge in [0.2, 0.25) is 0 Å². The number of ether oxygens (including phenoxy) is 3. The van der Waals surface area contributed by atoms with E-state index in [9.17, 15) is 0 Å². The van der Waals surface area contributed by atoms with Crippen molar-refractivity contribution in [2.24, 2.45) is 0 Å². The molecule has 180 valence electrons. The summed E-state index contributed by atoms with van der Waals surface area (Å²) in [6, 6.07) is 12.5. The van der Waals surface area contributed by atoms with Crippen LogP contribution in [0.2, 0.25) is 0 Å². The summed E-state index contributed by atoms with van der Waals surface area (Å²) in [5.74, 6) is 3.04. The summed E-state index contributed by atoms with van der Waals surface area (Å²) in [5.41, 5.74) is 3.70. The second-order valence-electron chi connectivity index (χ2n) is 8.90. The van der Waals surface area contributed by atoms with Gasteiger partial charge in [-0.2, -0.15) is 0 Å². The fourth-order valence-electron chi connectivity index (χ4n) is 4.19. The minimum atomic E-state index is 0.433. The summed E-state index contributed by atoms with van der Waals surface area (Å²) in [7, 11) is 3.36. The number of hydrogen-bond donors (Lipinski definition) is 0. The van der Waals surface area contributed by atoms with Crippen LogP contribution in [0.5, 0.6) is 17.2 Å². The largest absolute Gasteiger partial charge is 0.493 e. The summed E-state index contributed by atoms with van der Waals surface area (Å²) in [5, 5.41) is 0. The lowest BCUT2D eigenvalue weighted by atomic mass is 10.1. The number of hydrogen-bond acceptors (Lipinski definition) is 4. The predicted molar refractivity (Wildman–Crippen MR) is 136 cm³/mol. The van der Waals surface area contributed by atoms with E-state index in [-0.39, 0.29) is 0 Å². The molecule has 0 aliphatic carbocycles. The molecule has 0 aliphatic rings. The summed E-state index contributed by atoms with van der Waals surface area (Å²) in [6.07, 6.45) is 8.72. The highest BCUT2D eigenvalue weighted by atomic mass is 16.5. The molecule has 0 saturated heterocycles. The van der Waals surface area contributed by atoms with Crippen LogP contribution in [-0.4, -0.2) is 49.8 Å². The second-order valence-corrected chi connectivity index (χ2v) is 8.90. The maximum Gasteiger partial charge on any atom is 0.160 e. The van der Waals surface area contributed by atoms with E-state index in [0.29, 0.717) is 5.92 Å². The van der Waals surface area contributed by atoms with Gasteiger partial charge in [0, 0.05) is 31.0 Å². The van der Waals surface area contributed by atoms with Crippen LogP contribution < -0.4 is 14.2 Å². The average Bonchev–Trinajstić information content (AvgIpc) is 3.21. The molecule has 0 atom stereocenters. The molecule has 5 nitrogen and oxygen atoms in total. The first kappa shape index (κ1) is 25.0. The molecular weight excluding hydrogens is 412 g/mol. The average molecular weight is 453 g/mol. The van der Waals surface area contributed by atoms with E-state index in [4.69, 9.17) is 14.2 Å². The molecule has 0 bridgehead atoms. The predicted octanol–water partition coefficient (Wildman–Crippen LogP) is 6.19. The zero-order valence-electron chi connectivity index (χ0n) is 21.0. The normalized spacial score (nSPS) is 11.5. The quantitative estimate of drug-likeness (QED) is 0.273. The topological polar surface area (TPSA) is 35.3 Å². The number of aromatic nitrogens is 1. The van der Waals surface area contributed by atoms with Crippen molar-refractivity contribution in [3.8, 4) is 17.2 Å². The molecule has 2 heterocycles. The van der Waals surface area contributed by atoms with Crippen molar-refractivity contribution >= 4 is 5.52 Å². The van der Waals surface area contributed by atoms with Crippen LogP contribution in [0.4, 0.5) is 0 Å². The molecular formula is C28H40N2O3. The Labute approximate surface area is 199 Å². The van der Waals surface area contributed by atoms with Gasteiger partial charge in [0.25, 0.3) is 0 Å². The lowest BCUT2D eigenvalue weighted by Gasteiger charge is -2.22. The molecule has 2 aromatic heterocycles. The molecule has 0 saturated carbocycles. The first-order chi connectivity index (χ1) is 16.1. The van der Waals surface area contributed by atoms with Gasteiger partial charge in [-0.3, -0.25) is 0 Å². The molecule has 0 radical (unpaired) electrons. The van der Waals surface area contributed by atoms with E-state index in [1.807, 2.05) is 6.07 Å². The highest BCUT2D eigenvalue weighted by Gasteiger charge is 2.15. The highest BCUT2D eigenvalue weighted by Crippen LogP contribution is 2.33. The lowest BCUT2D eigenvalue weighted by Crippen LogP contribution is -2.29. The lowest BCUT2D eigenvalue weighted by molar-refractivity contribution is 0.233. The molecule has 0 spiro atoms. The third kappa shape index (κ3) is 6.67. The smallest absolute Gasteiger partial charge is 0.160 e. The van der Waals surface area contributed by atoms with Gasteiger partial charge in [-0.05, 0) is 61.6 Å². The van der Waals surface area contributed by atoms with Gasteiger partial charge in [-0.1, -0.05) is 39.3 Å². The van der Waals surface area contributed by atoms with E-state index in [2.05, 4.69) is 72.8 Å². The molecule has 0 unspecified atom stereocenters. The molecule has 1 aromatic carbocycles. The molecule has 0 fully saturated rings. The molecule has 5 heteroatoms. The number of nitrogens with zero attached hydrogens (tertiary/aromatic N) is 2. The fraction of sp³-hybridized carbons (Fsp3) is 0.500. The van der Waals surface area contributed by atoms with Gasteiger partial charge in [0.1, 0.15) is 5.75 Å². The third-order valence-corrected chi connectivity index (χ3v) is 6.14. The number of pyridine rings is 1. The standard InChI is InChI=1S/C28H40N2O3/c1-6-7-15-29(18-14-23-12-13-26(31-4)27(20-23)32-5)16-10-19-33-28-24(22(2)3)21-30-17-9-8-11-25(28)30/h8-9,11-13,17,20-22H,6-7,10,14-16,18-19H2,1-5H3. The summed E-state index contributed by atoms with van der Waals surface area (Å²) < 4.78 is 19.3. The van der Waals surface area contributed by atoms with E-state index in [0.717, 1.165) is 61.8 Å². The maximum atomic E-state index is 6.35. The van der Waals surface area contributed by atoms with Gasteiger partial charge < -0.3 is 23.5 Å². The third-order valence-electron chi connectivity index (χ3n) is 6.14. The van der Waals surface area contributed by atoms with Gasteiger partial charge in [-0.15, -0.1) is 0 Å². The van der Waals surface area contributed by atoms with Crippen molar-refractivity contribution in [2.75, 3.05) is 40.5 Å². The van der Waals surface area contributed by atoms with Crippen LogP contribution in [0.1, 0.15) is 57.1 Å². The Morgan fingerprint density at radius 3 is 2.45 bits per heavy atom. The minimum absolute atomic E-state index is 0.433. The Hall–Kier alpha value is -2.66. The van der Waals surface area contributed by atoms with Crippen LogP contribution in [0.25, 0.3) is 5.52 Å². The molecule has 3 aromatic rings. The number of benzene rings is 1. The van der Waals surface area contributed by atoms with Crippen molar-refractivity contribution < 1.29 is 14.2 Å². The Balaban J connectivity index is 1.56. The van der Waals surface area contributed by atoms with Gasteiger partial charge in [0.15, 0.2) is 11.5 Å². The van der Waals surface area contributed by atoms with E-state index < -0.39 is 0 Å². The Bertz CT molecular complexity index is 996. The zero-order valence-corrected chi connectivity index (χ0v) is 21.0. The van der Waals surface area contributed by atoms with Crippen molar-refractivity contribution in [1.29, 1.82) is 0 Å². The second kappa shape index (κ2) is 12.5. The van der Waals surface area contributed by atoms with Crippen LogP contribution in [0.3, 0.4) is 0 Å². The number of methoxy groups -OCH3 is 2. The number of fused-ring (bicyclic) bond motifs is 1. The first-order valence-electron chi connectivity index (χ1n) is 12.2. The monoisotopic (exact) mass is 452 g/mol. The fourth-order valence-corrected chi connectivity index (χ4v) is 4.19. The van der Waals surface area contributed by atoms with Gasteiger partial charge in [-0.25, -0.2) is 0 Å². The van der Waals surface area contributed by atoms with Crippen LogP contribution >= 0.6 is 0 Å². The van der Waals surface area contributed by atoms with E-state index in [1.54, 1.807) is 14.2 Å². The van der Waals surface area contributed by atoms with Crippen molar-refractivity contribution in [2.45, 2.75) is 52.4 Å². The minimum Gasteiger partial charge on any atom is -0.493 e. The van der Waals surface area contributed by atoms with E-state index >= 15 is 0 Å². The summed E-state index contributed by atoms with van der Waals surface area (Å²) >= 11 is 0. The molecule has 3 rings (SSSR count). The first-order valence-corrected chi connectivity index (χ1v) is 12.2. The van der Waals surface area contributed by atoms with Crippen LogP contribution in [-0.2, 0) is 6.42 Å². The van der Waals surface area contributed by atoms with Crippen molar-refractivity contribution in [1.82, 2.24) is 9.30 Å². The van der Waals surface area contributed by atoms with Crippen molar-refractivity contribution in [3.05, 3.63) is 59.9 Å². The SMILES string of the molecule is CCCCN(CCCOc1c(C(C)C)cn2ccccc12)CCc1ccc(OC)c(OC)c1. The highest BCUT2D eigenvalue weighted by molar-refractivity contribution is 5.65. The Morgan fingerprint density at radius 1 is 0.939 bits per heavy atom. The van der Waals surface area contributed by atoms with Gasteiger partial charge in [0.05, 0.1) is 26.3 Å². The van der Waals surface area contributed by atoms with Crippen LogP contribution in [0, 0.1) is 0 Å². The van der Waals surface area contributed by atoms with Gasteiger partial charge >= 0.3 is 0 Å². The molecule has 0 amide bonds. The summed E-state index contributed by atoms with van der Waals surface area (Å²) in [4.78, 5) is 2.56. The van der Waals surface area contributed by atoms with Crippen LogP contribution in [0.15, 0.2) is 48.8 Å². The van der Waals surface area contributed by atoms with Crippen molar-refractivity contribution in [3.63, 3.8) is 0 Å². The maximum absolute atomic E-state index is 6.35. The van der Waals surface area contributed by atoms with E-state index in [1.165, 1.54) is 24.0 Å². The zero-order chi connectivity index (χ0) is 23.6.